The van der Waals surface area contributed by atoms with Crippen molar-refractivity contribution in [2.45, 2.75) is 26.4 Å². The van der Waals surface area contributed by atoms with Crippen molar-refractivity contribution in [3.05, 3.63) is 41.1 Å². The molecule has 1 amide bonds. The van der Waals surface area contributed by atoms with Crippen molar-refractivity contribution in [3.8, 4) is 0 Å². The Morgan fingerprint density at radius 2 is 2.25 bits per heavy atom. The first-order chi connectivity index (χ1) is 11.5. The van der Waals surface area contributed by atoms with Crippen molar-refractivity contribution in [1.29, 1.82) is 0 Å². The van der Waals surface area contributed by atoms with Crippen LogP contribution in [-0.2, 0) is 4.74 Å². The largest absolute Gasteiger partial charge is 0.375 e. The highest BCUT2D eigenvalue weighted by Crippen LogP contribution is 2.21. The molecular formula is C19H25N3O2. The van der Waals surface area contributed by atoms with Gasteiger partial charge in [0.05, 0.1) is 23.8 Å². The van der Waals surface area contributed by atoms with Gasteiger partial charge in [-0.25, -0.2) is 0 Å². The second kappa shape index (κ2) is 7.28. The highest BCUT2D eigenvalue weighted by Gasteiger charge is 2.18. The number of carbonyl (C=O) groups is 1. The van der Waals surface area contributed by atoms with Crippen molar-refractivity contribution in [2.24, 2.45) is 0 Å². The monoisotopic (exact) mass is 327 g/mol. The lowest BCUT2D eigenvalue weighted by Gasteiger charge is -2.30. The van der Waals surface area contributed by atoms with E-state index in [1.807, 2.05) is 38.1 Å². The SMILES string of the molecule is Cc1cc(C(=O)NCC[C@@H]2CN(C)CCO2)c2cccc(C)c2n1. The molecular weight excluding hydrogens is 302 g/mol. The summed E-state index contributed by atoms with van der Waals surface area (Å²) in [4.78, 5) is 19.5. The molecule has 0 radical (unpaired) electrons. The molecule has 24 heavy (non-hydrogen) atoms. The van der Waals surface area contributed by atoms with Crippen LogP contribution in [0.3, 0.4) is 0 Å². The van der Waals surface area contributed by atoms with Crippen LogP contribution < -0.4 is 5.32 Å². The van der Waals surface area contributed by atoms with Crippen LogP contribution in [0.1, 0.15) is 28.0 Å². The van der Waals surface area contributed by atoms with Gasteiger partial charge in [-0.1, -0.05) is 18.2 Å². The minimum absolute atomic E-state index is 0.0414. The summed E-state index contributed by atoms with van der Waals surface area (Å²) in [6.45, 7) is 7.23. The molecule has 0 unspecified atom stereocenters. The van der Waals surface area contributed by atoms with E-state index in [1.54, 1.807) is 0 Å². The zero-order valence-electron chi connectivity index (χ0n) is 14.6. The number of hydrogen-bond donors (Lipinski definition) is 1. The van der Waals surface area contributed by atoms with Gasteiger partial charge in [0.15, 0.2) is 0 Å². The minimum atomic E-state index is -0.0414. The van der Waals surface area contributed by atoms with E-state index in [0.717, 1.165) is 48.3 Å². The van der Waals surface area contributed by atoms with E-state index in [1.165, 1.54) is 0 Å². The number of amides is 1. The smallest absolute Gasteiger partial charge is 0.252 e. The van der Waals surface area contributed by atoms with Crippen LogP contribution in [0.2, 0.25) is 0 Å². The molecule has 5 heteroatoms. The summed E-state index contributed by atoms with van der Waals surface area (Å²) in [5.41, 5.74) is 3.55. The molecule has 3 rings (SSSR count). The number of nitrogens with zero attached hydrogens (tertiary/aromatic N) is 2. The molecule has 1 atom stereocenters. The van der Waals surface area contributed by atoms with E-state index in [-0.39, 0.29) is 12.0 Å². The van der Waals surface area contributed by atoms with Gasteiger partial charge in [0.25, 0.3) is 5.91 Å². The van der Waals surface area contributed by atoms with E-state index in [9.17, 15) is 4.79 Å². The summed E-state index contributed by atoms with van der Waals surface area (Å²) in [6, 6.07) is 7.81. The number of ether oxygens (including phenoxy) is 1. The fourth-order valence-electron chi connectivity index (χ4n) is 3.19. The van der Waals surface area contributed by atoms with Gasteiger partial charge >= 0.3 is 0 Å². The van der Waals surface area contributed by atoms with Gasteiger partial charge in [0.1, 0.15) is 0 Å². The number of rotatable bonds is 4. The van der Waals surface area contributed by atoms with Crippen molar-refractivity contribution < 1.29 is 9.53 Å². The fourth-order valence-corrected chi connectivity index (χ4v) is 3.19. The Kier molecular flexibility index (Phi) is 5.11. The van der Waals surface area contributed by atoms with Gasteiger partial charge in [-0.05, 0) is 38.9 Å². The van der Waals surface area contributed by atoms with Crippen LogP contribution in [0, 0.1) is 13.8 Å². The van der Waals surface area contributed by atoms with Crippen LogP contribution in [0.4, 0.5) is 0 Å². The van der Waals surface area contributed by atoms with Gasteiger partial charge in [-0.15, -0.1) is 0 Å². The lowest BCUT2D eigenvalue weighted by Crippen LogP contribution is -2.41. The number of hydrogen-bond acceptors (Lipinski definition) is 4. The third kappa shape index (κ3) is 3.74. The number of carbonyl (C=O) groups excluding carboxylic acids is 1. The van der Waals surface area contributed by atoms with Crippen LogP contribution in [0.5, 0.6) is 0 Å². The lowest BCUT2D eigenvalue weighted by molar-refractivity contribution is -0.0225. The standard InChI is InChI=1S/C19H25N3O2/c1-13-5-4-6-16-17(11-14(2)21-18(13)16)19(23)20-8-7-15-12-22(3)9-10-24-15/h4-6,11,15H,7-10,12H2,1-3H3,(H,20,23)/t15-/m1/s1. The first-order valence-electron chi connectivity index (χ1n) is 8.50. The summed E-state index contributed by atoms with van der Waals surface area (Å²) in [5.74, 6) is -0.0414. The molecule has 0 aliphatic carbocycles. The quantitative estimate of drug-likeness (QED) is 0.936. The molecule has 1 saturated heterocycles. The van der Waals surface area contributed by atoms with E-state index in [4.69, 9.17) is 4.74 Å². The Hall–Kier alpha value is -1.98. The van der Waals surface area contributed by atoms with E-state index in [0.29, 0.717) is 12.1 Å². The third-order valence-electron chi connectivity index (χ3n) is 4.51. The molecule has 1 N–H and O–H groups in total. The number of likely N-dealkylation sites (N-methyl/N-ethyl adjacent to an activating group) is 1. The van der Waals surface area contributed by atoms with Crippen molar-refractivity contribution in [1.82, 2.24) is 15.2 Å². The number of pyridine rings is 1. The second-order valence-electron chi connectivity index (χ2n) is 6.58. The van der Waals surface area contributed by atoms with E-state index in [2.05, 4.69) is 22.2 Å². The Balaban J connectivity index is 1.69. The molecule has 1 aliphatic rings. The second-order valence-corrected chi connectivity index (χ2v) is 6.58. The Morgan fingerprint density at radius 3 is 3.04 bits per heavy atom. The van der Waals surface area contributed by atoms with Gasteiger partial charge in [0.2, 0.25) is 0 Å². The average Bonchev–Trinajstić information content (AvgIpc) is 2.55. The topological polar surface area (TPSA) is 54.5 Å². The third-order valence-corrected chi connectivity index (χ3v) is 4.51. The molecule has 1 aromatic carbocycles. The summed E-state index contributed by atoms with van der Waals surface area (Å²) < 4.78 is 5.74. The molecule has 2 aromatic rings. The predicted octanol–water partition coefficient (Wildman–Crippen LogP) is 2.30. The van der Waals surface area contributed by atoms with Crippen LogP contribution in [0.25, 0.3) is 10.9 Å². The van der Waals surface area contributed by atoms with Gasteiger partial charge in [-0.3, -0.25) is 9.78 Å². The number of morpholine rings is 1. The first kappa shape index (κ1) is 16.9. The first-order valence-corrected chi connectivity index (χ1v) is 8.50. The van der Waals surface area contributed by atoms with Crippen LogP contribution in [0.15, 0.2) is 24.3 Å². The lowest BCUT2D eigenvalue weighted by atomic mass is 10.0. The molecule has 0 spiro atoms. The summed E-state index contributed by atoms with van der Waals surface area (Å²) >= 11 is 0. The summed E-state index contributed by atoms with van der Waals surface area (Å²) in [5, 5.41) is 3.94. The van der Waals surface area contributed by atoms with E-state index < -0.39 is 0 Å². The molecule has 1 aromatic heterocycles. The normalized spacial score (nSPS) is 18.7. The number of fused-ring (bicyclic) bond motifs is 1. The fraction of sp³-hybridized carbons (Fsp3) is 0.474. The van der Waals surface area contributed by atoms with Gasteiger partial charge in [0, 0.05) is 30.7 Å². The minimum Gasteiger partial charge on any atom is -0.375 e. The van der Waals surface area contributed by atoms with Crippen LogP contribution in [-0.4, -0.2) is 55.2 Å². The zero-order chi connectivity index (χ0) is 17.1. The number of aromatic nitrogens is 1. The Bertz CT molecular complexity index is 745. The Labute approximate surface area is 143 Å². The highest BCUT2D eigenvalue weighted by atomic mass is 16.5. The number of para-hydroxylation sites is 1. The Morgan fingerprint density at radius 1 is 1.42 bits per heavy atom. The molecule has 1 fully saturated rings. The predicted molar refractivity (Wildman–Crippen MR) is 95.4 cm³/mol. The average molecular weight is 327 g/mol. The zero-order valence-corrected chi connectivity index (χ0v) is 14.6. The molecule has 1 aliphatic heterocycles. The maximum absolute atomic E-state index is 12.6. The molecule has 2 heterocycles. The number of benzene rings is 1. The number of nitrogens with one attached hydrogen (secondary N) is 1. The summed E-state index contributed by atoms with van der Waals surface area (Å²) in [6.07, 6.45) is 1.03. The van der Waals surface area contributed by atoms with Crippen LogP contribution >= 0.6 is 0 Å². The highest BCUT2D eigenvalue weighted by molar-refractivity contribution is 6.06. The maximum Gasteiger partial charge on any atom is 0.252 e. The van der Waals surface area contributed by atoms with Gasteiger partial charge < -0.3 is 15.0 Å². The molecule has 5 nitrogen and oxygen atoms in total. The molecule has 0 bridgehead atoms. The van der Waals surface area contributed by atoms with Crippen molar-refractivity contribution >= 4 is 16.8 Å². The summed E-state index contributed by atoms with van der Waals surface area (Å²) in [7, 11) is 2.10. The maximum atomic E-state index is 12.6. The number of aryl methyl sites for hydroxylation is 2. The van der Waals surface area contributed by atoms with Crippen molar-refractivity contribution in [3.63, 3.8) is 0 Å². The molecule has 0 saturated carbocycles. The van der Waals surface area contributed by atoms with Crippen molar-refractivity contribution in [2.75, 3.05) is 33.3 Å². The molecule has 128 valence electrons. The van der Waals surface area contributed by atoms with E-state index >= 15 is 0 Å². The van der Waals surface area contributed by atoms with Gasteiger partial charge in [-0.2, -0.15) is 0 Å².